The van der Waals surface area contributed by atoms with E-state index in [9.17, 15) is 0 Å². The van der Waals surface area contributed by atoms with E-state index in [4.69, 9.17) is 25.5 Å². The fourth-order valence-corrected chi connectivity index (χ4v) is 4.01. The number of ether oxygens (including phenoxy) is 2. The second kappa shape index (κ2) is 9.26. The summed E-state index contributed by atoms with van der Waals surface area (Å²) in [5.74, 6) is 2.24. The van der Waals surface area contributed by atoms with Crippen molar-refractivity contribution < 1.29 is 13.9 Å². The Balaban J connectivity index is 1.41. The maximum Gasteiger partial charge on any atom is 0.219 e. The number of fused-ring (bicyclic) bond motifs is 1. The SMILES string of the molecule is C[Si](C)(C)CCOCn1nccc1-c1ccc(Oc2ccc3cc(CCl)oc3c2)nc1. The zero-order valence-corrected chi connectivity index (χ0v) is 19.7. The molecule has 6 nitrogen and oxygen atoms in total. The highest BCUT2D eigenvalue weighted by molar-refractivity contribution is 6.76. The fraction of sp³-hybridized carbons (Fsp3) is 0.304. The largest absolute Gasteiger partial charge is 0.460 e. The lowest BCUT2D eigenvalue weighted by Gasteiger charge is -2.16. The van der Waals surface area contributed by atoms with Gasteiger partial charge in [0.25, 0.3) is 0 Å². The number of rotatable bonds is 9. The number of furan rings is 1. The third-order valence-electron chi connectivity index (χ3n) is 4.86. The summed E-state index contributed by atoms with van der Waals surface area (Å²) in [5.41, 5.74) is 2.65. The summed E-state index contributed by atoms with van der Waals surface area (Å²) >= 11 is 5.84. The van der Waals surface area contributed by atoms with E-state index in [1.165, 1.54) is 0 Å². The van der Waals surface area contributed by atoms with Crippen molar-refractivity contribution in [2.45, 2.75) is 38.3 Å². The standard InChI is InChI=1S/C23H26ClN3O3Si/c1-31(2,3)11-10-28-16-27-21(8-9-26-27)18-5-7-23(25-15-18)30-19-6-4-17-12-20(14-24)29-22(17)13-19/h4-9,12-13,15H,10-11,14,16H2,1-3H3. The van der Waals surface area contributed by atoms with Crippen LogP contribution in [0.1, 0.15) is 5.76 Å². The molecule has 0 fully saturated rings. The summed E-state index contributed by atoms with van der Waals surface area (Å²) in [7, 11) is -1.10. The predicted molar refractivity (Wildman–Crippen MR) is 125 cm³/mol. The molecular formula is C23H26ClN3O3Si. The Morgan fingerprint density at radius 3 is 2.71 bits per heavy atom. The van der Waals surface area contributed by atoms with Gasteiger partial charge in [-0.2, -0.15) is 5.10 Å². The number of alkyl halides is 1. The molecule has 0 aliphatic heterocycles. The number of benzene rings is 1. The van der Waals surface area contributed by atoms with Crippen LogP contribution in [0.3, 0.4) is 0 Å². The van der Waals surface area contributed by atoms with Crippen LogP contribution in [-0.2, 0) is 17.3 Å². The normalized spacial score (nSPS) is 11.9. The maximum atomic E-state index is 5.90. The summed E-state index contributed by atoms with van der Waals surface area (Å²) in [5, 5.41) is 5.37. The molecule has 0 amide bonds. The number of nitrogens with zero attached hydrogens (tertiary/aromatic N) is 3. The van der Waals surface area contributed by atoms with Gasteiger partial charge in [0.05, 0.1) is 11.6 Å². The van der Waals surface area contributed by atoms with Crippen molar-refractivity contribution >= 4 is 30.6 Å². The summed E-state index contributed by atoms with van der Waals surface area (Å²) in [6, 6.07) is 14.5. The first-order valence-electron chi connectivity index (χ1n) is 10.2. The summed E-state index contributed by atoms with van der Waals surface area (Å²) < 4.78 is 19.3. The van der Waals surface area contributed by atoms with E-state index in [1.807, 2.05) is 47.1 Å². The van der Waals surface area contributed by atoms with Gasteiger partial charge in [-0.05, 0) is 36.4 Å². The molecule has 0 saturated heterocycles. The van der Waals surface area contributed by atoms with Crippen molar-refractivity contribution in [1.29, 1.82) is 0 Å². The minimum absolute atomic E-state index is 0.341. The van der Waals surface area contributed by atoms with Crippen molar-refractivity contribution in [3.63, 3.8) is 0 Å². The van der Waals surface area contributed by atoms with Crippen molar-refractivity contribution in [3.8, 4) is 22.9 Å². The van der Waals surface area contributed by atoms with Crippen LogP contribution in [0.4, 0.5) is 0 Å². The zero-order chi connectivity index (χ0) is 21.8. The van der Waals surface area contributed by atoms with Crippen LogP contribution in [0.5, 0.6) is 11.6 Å². The Morgan fingerprint density at radius 1 is 1.10 bits per heavy atom. The second-order valence-corrected chi connectivity index (χ2v) is 14.5. The van der Waals surface area contributed by atoms with Gasteiger partial charge in [0.1, 0.15) is 23.8 Å². The highest BCUT2D eigenvalue weighted by Crippen LogP contribution is 2.28. The molecule has 31 heavy (non-hydrogen) atoms. The van der Waals surface area contributed by atoms with Crippen LogP contribution in [0, 0.1) is 0 Å². The minimum Gasteiger partial charge on any atom is -0.460 e. The highest BCUT2D eigenvalue weighted by Gasteiger charge is 2.13. The van der Waals surface area contributed by atoms with Gasteiger partial charge in [0, 0.05) is 50.2 Å². The molecule has 4 rings (SSSR count). The Kier molecular flexibility index (Phi) is 6.45. The lowest BCUT2D eigenvalue weighted by Crippen LogP contribution is -2.22. The van der Waals surface area contributed by atoms with Gasteiger partial charge in [-0.15, -0.1) is 11.6 Å². The molecule has 0 radical (unpaired) electrons. The zero-order valence-electron chi connectivity index (χ0n) is 18.0. The molecular weight excluding hydrogens is 430 g/mol. The van der Waals surface area contributed by atoms with Crippen molar-refractivity contribution in [1.82, 2.24) is 14.8 Å². The van der Waals surface area contributed by atoms with E-state index in [1.54, 1.807) is 12.4 Å². The van der Waals surface area contributed by atoms with Gasteiger partial charge in [-0.3, -0.25) is 0 Å². The maximum absolute atomic E-state index is 5.90. The molecule has 0 unspecified atom stereocenters. The molecule has 162 valence electrons. The molecule has 0 spiro atoms. The smallest absolute Gasteiger partial charge is 0.219 e. The Labute approximate surface area is 187 Å². The minimum atomic E-state index is -1.10. The molecule has 0 atom stereocenters. The molecule has 0 aliphatic carbocycles. The van der Waals surface area contributed by atoms with Crippen LogP contribution in [0.15, 0.2) is 59.3 Å². The van der Waals surface area contributed by atoms with Crippen LogP contribution < -0.4 is 4.74 Å². The number of halogens is 1. The molecule has 0 saturated carbocycles. The van der Waals surface area contributed by atoms with Gasteiger partial charge in [0.15, 0.2) is 0 Å². The average Bonchev–Trinajstić information content (AvgIpc) is 3.37. The van der Waals surface area contributed by atoms with Crippen molar-refractivity contribution in [2.24, 2.45) is 0 Å². The summed E-state index contributed by atoms with van der Waals surface area (Å²) in [4.78, 5) is 4.45. The predicted octanol–water partition coefficient (Wildman–Crippen LogP) is 6.53. The molecule has 1 aromatic carbocycles. The third-order valence-corrected chi connectivity index (χ3v) is 6.82. The fourth-order valence-electron chi connectivity index (χ4n) is 3.12. The summed E-state index contributed by atoms with van der Waals surface area (Å²) in [6.07, 6.45) is 3.55. The van der Waals surface area contributed by atoms with Gasteiger partial charge < -0.3 is 13.9 Å². The average molecular weight is 456 g/mol. The lowest BCUT2D eigenvalue weighted by molar-refractivity contribution is 0.0798. The number of hydrogen-bond donors (Lipinski definition) is 0. The first-order chi connectivity index (χ1) is 14.9. The van der Waals surface area contributed by atoms with E-state index in [2.05, 4.69) is 29.7 Å². The van der Waals surface area contributed by atoms with Crippen LogP contribution in [0.25, 0.3) is 22.2 Å². The number of hydrogen-bond acceptors (Lipinski definition) is 5. The molecule has 0 aliphatic rings. The first-order valence-corrected chi connectivity index (χ1v) is 14.5. The van der Waals surface area contributed by atoms with E-state index in [0.29, 0.717) is 24.2 Å². The number of aromatic nitrogens is 3. The van der Waals surface area contributed by atoms with Gasteiger partial charge >= 0.3 is 0 Å². The van der Waals surface area contributed by atoms with E-state index < -0.39 is 8.07 Å². The second-order valence-electron chi connectivity index (χ2n) is 8.60. The molecule has 3 heterocycles. The Morgan fingerprint density at radius 2 is 1.97 bits per heavy atom. The molecule has 4 aromatic rings. The quantitative estimate of drug-likeness (QED) is 0.163. The molecule has 8 heteroatoms. The van der Waals surface area contributed by atoms with Gasteiger partial charge in [-0.25, -0.2) is 9.67 Å². The van der Waals surface area contributed by atoms with E-state index in [-0.39, 0.29) is 0 Å². The highest BCUT2D eigenvalue weighted by atomic mass is 35.5. The van der Waals surface area contributed by atoms with Crippen molar-refractivity contribution in [2.75, 3.05) is 6.61 Å². The number of pyridine rings is 1. The summed E-state index contributed by atoms with van der Waals surface area (Å²) in [6.45, 7) is 8.21. The lowest BCUT2D eigenvalue weighted by atomic mass is 10.2. The van der Waals surface area contributed by atoms with Gasteiger partial charge in [-0.1, -0.05) is 19.6 Å². The Bertz CT molecular complexity index is 1150. The molecule has 0 N–H and O–H groups in total. The Hall–Kier alpha value is -2.61. The van der Waals surface area contributed by atoms with Gasteiger partial charge in [0.2, 0.25) is 5.88 Å². The molecule has 0 bridgehead atoms. The van der Waals surface area contributed by atoms with E-state index in [0.717, 1.165) is 40.6 Å². The van der Waals surface area contributed by atoms with Crippen LogP contribution in [0.2, 0.25) is 25.7 Å². The topological polar surface area (TPSA) is 62.3 Å². The third kappa shape index (κ3) is 5.55. The van der Waals surface area contributed by atoms with Crippen LogP contribution >= 0.6 is 11.6 Å². The molecule has 3 aromatic heterocycles. The van der Waals surface area contributed by atoms with Crippen molar-refractivity contribution in [3.05, 3.63) is 60.6 Å². The monoisotopic (exact) mass is 455 g/mol. The first kappa shape index (κ1) is 21.6. The van der Waals surface area contributed by atoms with Crippen LogP contribution in [-0.4, -0.2) is 29.4 Å². The van der Waals surface area contributed by atoms with E-state index >= 15 is 0 Å².